The molecule has 0 saturated carbocycles. The molecule has 1 heterocycles. The van der Waals surface area contributed by atoms with Gasteiger partial charge in [-0.15, -0.1) is 0 Å². The van der Waals surface area contributed by atoms with Crippen LogP contribution in [0.4, 0.5) is 0 Å². The molecule has 1 aromatic heterocycles. The first kappa shape index (κ1) is 12.0. The van der Waals surface area contributed by atoms with Gasteiger partial charge in [0.1, 0.15) is 0 Å². The van der Waals surface area contributed by atoms with Crippen molar-refractivity contribution in [1.29, 1.82) is 0 Å². The molecule has 2 rings (SSSR count). The van der Waals surface area contributed by atoms with Crippen molar-refractivity contribution >= 4 is 12.3 Å². The maximum Gasteiger partial charge on any atom is 0.359 e. The van der Waals surface area contributed by atoms with Crippen LogP contribution in [0, 0.1) is 0 Å². The molecule has 0 N–H and O–H groups in total. The predicted molar refractivity (Wildman–Crippen MR) is 64.5 cm³/mol. The topological polar surface area (TPSA) is 61.2 Å². The van der Waals surface area contributed by atoms with Gasteiger partial charge in [0.05, 0.1) is 19.2 Å². The molecule has 0 fully saturated rings. The highest BCUT2D eigenvalue weighted by molar-refractivity contribution is 5.96. The van der Waals surface area contributed by atoms with E-state index in [1.165, 1.54) is 13.3 Å². The molecule has 5 nitrogen and oxygen atoms in total. The molecule has 0 aliphatic heterocycles. The highest BCUT2D eigenvalue weighted by Gasteiger charge is 2.16. The number of carbonyl (C=O) groups is 2. The van der Waals surface area contributed by atoms with Gasteiger partial charge in [-0.3, -0.25) is 9.48 Å². The Labute approximate surface area is 104 Å². The zero-order valence-corrected chi connectivity index (χ0v) is 9.87. The highest BCUT2D eigenvalue weighted by atomic mass is 16.5. The van der Waals surface area contributed by atoms with Crippen LogP contribution in [0.1, 0.15) is 26.4 Å². The van der Waals surface area contributed by atoms with Gasteiger partial charge in [0.15, 0.2) is 12.0 Å². The monoisotopic (exact) mass is 244 g/mol. The summed E-state index contributed by atoms with van der Waals surface area (Å²) in [6.45, 7) is 0.499. The number of carbonyl (C=O) groups excluding carboxylic acids is 2. The summed E-state index contributed by atoms with van der Waals surface area (Å²) in [5, 5.41) is 4.06. The van der Waals surface area contributed by atoms with Crippen LogP contribution in [0.2, 0.25) is 0 Å². The number of aromatic nitrogens is 2. The van der Waals surface area contributed by atoms with Crippen LogP contribution >= 0.6 is 0 Å². The Hall–Kier alpha value is -2.43. The Morgan fingerprint density at radius 3 is 2.72 bits per heavy atom. The fourth-order valence-electron chi connectivity index (χ4n) is 1.63. The quantitative estimate of drug-likeness (QED) is 0.604. The highest BCUT2D eigenvalue weighted by Crippen LogP contribution is 2.08. The van der Waals surface area contributed by atoms with Crippen molar-refractivity contribution in [1.82, 2.24) is 9.78 Å². The number of ether oxygens (including phenoxy) is 1. The van der Waals surface area contributed by atoms with Crippen LogP contribution in [0.15, 0.2) is 36.5 Å². The third kappa shape index (κ3) is 2.45. The molecule has 92 valence electrons. The minimum atomic E-state index is -0.607. The van der Waals surface area contributed by atoms with E-state index in [2.05, 4.69) is 9.84 Å². The van der Waals surface area contributed by atoms with E-state index >= 15 is 0 Å². The molecule has 0 amide bonds. The first-order chi connectivity index (χ1) is 8.74. The lowest BCUT2D eigenvalue weighted by Gasteiger charge is -2.00. The van der Waals surface area contributed by atoms with Crippen molar-refractivity contribution in [3.05, 3.63) is 53.3 Å². The molecule has 5 heteroatoms. The maximum atomic E-state index is 11.4. The van der Waals surface area contributed by atoms with E-state index in [-0.39, 0.29) is 11.3 Å². The lowest BCUT2D eigenvalue weighted by molar-refractivity contribution is 0.0590. The summed E-state index contributed by atoms with van der Waals surface area (Å²) < 4.78 is 6.12. The van der Waals surface area contributed by atoms with E-state index in [9.17, 15) is 9.59 Å². The third-order valence-electron chi connectivity index (χ3n) is 2.48. The van der Waals surface area contributed by atoms with Crippen LogP contribution in [0.5, 0.6) is 0 Å². The Kier molecular flexibility index (Phi) is 3.52. The molecule has 0 saturated heterocycles. The van der Waals surface area contributed by atoms with E-state index in [0.29, 0.717) is 12.8 Å². The van der Waals surface area contributed by atoms with Crippen LogP contribution in [-0.4, -0.2) is 29.1 Å². The van der Waals surface area contributed by atoms with Crippen LogP contribution in [0.3, 0.4) is 0 Å². The van der Waals surface area contributed by atoms with Crippen molar-refractivity contribution in [2.75, 3.05) is 7.11 Å². The number of methoxy groups -OCH3 is 1. The minimum Gasteiger partial charge on any atom is -0.464 e. The van der Waals surface area contributed by atoms with Crippen molar-refractivity contribution in [2.24, 2.45) is 0 Å². The van der Waals surface area contributed by atoms with Gasteiger partial charge in [0.25, 0.3) is 0 Å². The van der Waals surface area contributed by atoms with E-state index in [0.717, 1.165) is 5.56 Å². The number of esters is 1. The van der Waals surface area contributed by atoms with Gasteiger partial charge in [-0.1, -0.05) is 30.3 Å². The number of rotatable bonds is 4. The summed E-state index contributed by atoms with van der Waals surface area (Å²) in [4.78, 5) is 22.3. The zero-order chi connectivity index (χ0) is 13.0. The fraction of sp³-hybridized carbons (Fsp3) is 0.154. The van der Waals surface area contributed by atoms with Crippen LogP contribution in [0.25, 0.3) is 0 Å². The Balaban J connectivity index is 2.27. The summed E-state index contributed by atoms with van der Waals surface area (Å²) in [7, 11) is 1.26. The Morgan fingerprint density at radius 2 is 2.11 bits per heavy atom. The van der Waals surface area contributed by atoms with E-state index < -0.39 is 5.97 Å². The molecule has 18 heavy (non-hydrogen) atoms. The van der Waals surface area contributed by atoms with Gasteiger partial charge >= 0.3 is 5.97 Å². The average molecular weight is 244 g/mol. The van der Waals surface area contributed by atoms with Gasteiger partial charge in [0.2, 0.25) is 0 Å². The van der Waals surface area contributed by atoms with Crippen LogP contribution in [-0.2, 0) is 11.3 Å². The normalized spacial score (nSPS) is 10.1. The second-order valence-electron chi connectivity index (χ2n) is 3.73. The van der Waals surface area contributed by atoms with Gasteiger partial charge < -0.3 is 4.74 Å². The van der Waals surface area contributed by atoms with E-state index in [1.54, 1.807) is 4.68 Å². The van der Waals surface area contributed by atoms with Crippen molar-refractivity contribution < 1.29 is 14.3 Å². The second-order valence-corrected chi connectivity index (χ2v) is 3.73. The largest absolute Gasteiger partial charge is 0.464 e. The molecule has 0 aliphatic carbocycles. The van der Waals surface area contributed by atoms with E-state index in [4.69, 9.17) is 0 Å². The standard InChI is InChI=1S/C13H12N2O3/c1-18-13(17)12-11(9-16)8-15(14-12)7-10-5-3-2-4-6-10/h2-6,8-9H,7H2,1H3. The number of hydrogen-bond acceptors (Lipinski definition) is 4. The molecule has 0 bridgehead atoms. The summed E-state index contributed by atoms with van der Waals surface area (Å²) >= 11 is 0. The Morgan fingerprint density at radius 1 is 1.39 bits per heavy atom. The maximum absolute atomic E-state index is 11.4. The number of benzene rings is 1. The molecule has 0 aliphatic rings. The fourth-order valence-corrected chi connectivity index (χ4v) is 1.63. The molecular formula is C13H12N2O3. The smallest absolute Gasteiger partial charge is 0.359 e. The summed E-state index contributed by atoms with van der Waals surface area (Å²) in [6, 6.07) is 9.64. The van der Waals surface area contributed by atoms with Crippen molar-refractivity contribution in [3.63, 3.8) is 0 Å². The van der Waals surface area contributed by atoms with Gasteiger partial charge in [-0.2, -0.15) is 5.10 Å². The summed E-state index contributed by atoms with van der Waals surface area (Å²) in [5.41, 5.74) is 1.31. The lowest BCUT2D eigenvalue weighted by atomic mass is 10.2. The Bertz CT molecular complexity index is 561. The molecule has 0 radical (unpaired) electrons. The SMILES string of the molecule is COC(=O)c1nn(Cc2ccccc2)cc1C=O. The minimum absolute atomic E-state index is 0.0448. The summed E-state index contributed by atoms with van der Waals surface area (Å²) in [6.07, 6.45) is 2.13. The third-order valence-corrected chi connectivity index (χ3v) is 2.48. The molecule has 0 atom stereocenters. The molecule has 0 spiro atoms. The average Bonchev–Trinajstić information content (AvgIpc) is 2.82. The first-order valence-corrected chi connectivity index (χ1v) is 5.39. The lowest BCUT2D eigenvalue weighted by Crippen LogP contribution is -2.07. The van der Waals surface area contributed by atoms with Crippen molar-refractivity contribution in [2.45, 2.75) is 6.54 Å². The predicted octanol–water partition coefficient (Wildman–Crippen LogP) is 1.53. The molecule has 1 aromatic carbocycles. The zero-order valence-electron chi connectivity index (χ0n) is 9.87. The van der Waals surface area contributed by atoms with Crippen LogP contribution < -0.4 is 0 Å². The molecular weight excluding hydrogens is 232 g/mol. The summed E-state index contributed by atoms with van der Waals surface area (Å²) in [5.74, 6) is -0.607. The number of aldehydes is 1. The van der Waals surface area contributed by atoms with Crippen molar-refractivity contribution in [3.8, 4) is 0 Å². The van der Waals surface area contributed by atoms with Gasteiger partial charge in [0, 0.05) is 6.20 Å². The number of hydrogen-bond donors (Lipinski definition) is 0. The van der Waals surface area contributed by atoms with Gasteiger partial charge in [-0.25, -0.2) is 4.79 Å². The second kappa shape index (κ2) is 5.27. The van der Waals surface area contributed by atoms with Gasteiger partial charge in [-0.05, 0) is 5.56 Å². The number of nitrogens with zero attached hydrogens (tertiary/aromatic N) is 2. The first-order valence-electron chi connectivity index (χ1n) is 5.39. The van der Waals surface area contributed by atoms with E-state index in [1.807, 2.05) is 30.3 Å². The molecule has 0 unspecified atom stereocenters. The molecule has 2 aromatic rings.